The molecule has 0 radical (unpaired) electrons. The Bertz CT molecular complexity index is 476. The molecule has 2 rings (SSSR count). The van der Waals surface area contributed by atoms with E-state index in [0.29, 0.717) is 17.5 Å². The van der Waals surface area contributed by atoms with Gasteiger partial charge in [-0.3, -0.25) is 4.79 Å². The molecular formula is C16H22ClNO2. The van der Waals surface area contributed by atoms with E-state index in [-0.39, 0.29) is 17.2 Å². The summed E-state index contributed by atoms with van der Waals surface area (Å²) in [6, 6.07) is 4.51. The van der Waals surface area contributed by atoms with E-state index in [0.717, 1.165) is 12.3 Å². The average Bonchev–Trinajstić information content (AvgIpc) is 2.41. The molecule has 1 fully saturated rings. The highest BCUT2D eigenvalue weighted by molar-refractivity contribution is 6.31. The molecular weight excluding hydrogens is 274 g/mol. The van der Waals surface area contributed by atoms with Gasteiger partial charge < -0.3 is 10.4 Å². The van der Waals surface area contributed by atoms with Crippen LogP contribution in [0.4, 0.5) is 0 Å². The van der Waals surface area contributed by atoms with Gasteiger partial charge in [0.2, 0.25) is 0 Å². The van der Waals surface area contributed by atoms with Crippen molar-refractivity contribution in [3.63, 3.8) is 0 Å². The quantitative estimate of drug-likeness (QED) is 0.882. The number of phenolic OH excluding ortho intramolecular Hbond substituents is 1. The molecule has 1 aromatic carbocycles. The Hall–Kier alpha value is -1.22. The monoisotopic (exact) mass is 295 g/mol. The second kappa shape index (κ2) is 6.98. The molecule has 3 nitrogen and oxygen atoms in total. The number of phenols is 1. The largest absolute Gasteiger partial charge is 0.507 e. The first kappa shape index (κ1) is 15.2. The van der Waals surface area contributed by atoms with E-state index >= 15 is 0 Å². The highest BCUT2D eigenvalue weighted by atomic mass is 35.5. The summed E-state index contributed by atoms with van der Waals surface area (Å²) in [5.41, 5.74) is 0.245. The zero-order chi connectivity index (χ0) is 14.5. The molecule has 2 atom stereocenters. The van der Waals surface area contributed by atoms with Gasteiger partial charge in [-0.05, 0) is 42.9 Å². The fourth-order valence-corrected chi connectivity index (χ4v) is 3.17. The first-order chi connectivity index (χ1) is 9.56. The van der Waals surface area contributed by atoms with Crippen LogP contribution in [0, 0.1) is 11.8 Å². The van der Waals surface area contributed by atoms with Crippen molar-refractivity contribution in [3.8, 4) is 5.75 Å². The molecule has 0 aliphatic heterocycles. The molecule has 110 valence electrons. The second-order valence-corrected chi connectivity index (χ2v) is 6.28. The smallest absolute Gasteiger partial charge is 0.255 e. The zero-order valence-electron chi connectivity index (χ0n) is 11.9. The summed E-state index contributed by atoms with van der Waals surface area (Å²) in [6.45, 7) is 2.96. The lowest BCUT2D eigenvalue weighted by Gasteiger charge is -2.26. The van der Waals surface area contributed by atoms with Crippen LogP contribution < -0.4 is 5.32 Å². The van der Waals surface area contributed by atoms with Crippen molar-refractivity contribution < 1.29 is 9.90 Å². The normalized spacial score (nSPS) is 22.5. The Morgan fingerprint density at radius 1 is 1.45 bits per heavy atom. The summed E-state index contributed by atoms with van der Waals surface area (Å²) in [4.78, 5) is 12.0. The van der Waals surface area contributed by atoms with Gasteiger partial charge in [-0.15, -0.1) is 0 Å². The maximum atomic E-state index is 12.0. The van der Waals surface area contributed by atoms with Crippen molar-refractivity contribution in [2.24, 2.45) is 11.8 Å². The fraction of sp³-hybridized carbons (Fsp3) is 0.562. The average molecular weight is 296 g/mol. The lowest BCUT2D eigenvalue weighted by atomic mass is 9.81. The van der Waals surface area contributed by atoms with E-state index in [2.05, 4.69) is 12.2 Å². The number of halogens is 1. The lowest BCUT2D eigenvalue weighted by molar-refractivity contribution is 0.0947. The van der Waals surface area contributed by atoms with Gasteiger partial charge in [0, 0.05) is 11.6 Å². The minimum absolute atomic E-state index is 0.0295. The van der Waals surface area contributed by atoms with Crippen LogP contribution in [0.15, 0.2) is 18.2 Å². The highest BCUT2D eigenvalue weighted by Gasteiger charge is 2.19. The van der Waals surface area contributed by atoms with E-state index in [1.54, 1.807) is 6.07 Å². The molecule has 1 saturated carbocycles. The maximum Gasteiger partial charge on any atom is 0.255 e. The third kappa shape index (κ3) is 4.14. The SMILES string of the molecule is CC1CCCC(CCNC(=O)c2cc(Cl)ccc2O)C1. The Balaban J connectivity index is 1.81. The van der Waals surface area contributed by atoms with Crippen LogP contribution in [0.25, 0.3) is 0 Å². The maximum absolute atomic E-state index is 12.0. The van der Waals surface area contributed by atoms with Gasteiger partial charge in [-0.2, -0.15) is 0 Å². The number of nitrogens with one attached hydrogen (secondary N) is 1. The number of carbonyl (C=O) groups is 1. The first-order valence-electron chi connectivity index (χ1n) is 7.33. The van der Waals surface area contributed by atoms with Crippen molar-refractivity contribution in [1.82, 2.24) is 5.32 Å². The van der Waals surface area contributed by atoms with Gasteiger partial charge in [0.25, 0.3) is 5.91 Å². The van der Waals surface area contributed by atoms with Crippen LogP contribution in [0.2, 0.25) is 5.02 Å². The van der Waals surface area contributed by atoms with E-state index in [1.807, 2.05) is 0 Å². The van der Waals surface area contributed by atoms with Crippen molar-refractivity contribution in [2.45, 2.75) is 39.0 Å². The van der Waals surface area contributed by atoms with Crippen LogP contribution in [0.5, 0.6) is 5.75 Å². The van der Waals surface area contributed by atoms with Crippen molar-refractivity contribution in [3.05, 3.63) is 28.8 Å². The lowest BCUT2D eigenvalue weighted by Crippen LogP contribution is -2.27. The summed E-state index contributed by atoms with van der Waals surface area (Å²) in [6.07, 6.45) is 6.17. The number of carbonyl (C=O) groups excluding carboxylic acids is 1. The van der Waals surface area contributed by atoms with Crippen LogP contribution in [-0.2, 0) is 0 Å². The molecule has 1 amide bonds. The molecule has 2 unspecified atom stereocenters. The van der Waals surface area contributed by atoms with Crippen molar-refractivity contribution in [1.29, 1.82) is 0 Å². The van der Waals surface area contributed by atoms with E-state index in [1.165, 1.54) is 37.8 Å². The number of hydrogen-bond donors (Lipinski definition) is 2. The molecule has 2 N–H and O–H groups in total. The molecule has 4 heteroatoms. The molecule has 0 bridgehead atoms. The second-order valence-electron chi connectivity index (χ2n) is 5.84. The Labute approximate surface area is 125 Å². The summed E-state index contributed by atoms with van der Waals surface area (Å²) in [5.74, 6) is 1.24. The summed E-state index contributed by atoms with van der Waals surface area (Å²) < 4.78 is 0. The van der Waals surface area contributed by atoms with Crippen LogP contribution in [0.1, 0.15) is 49.4 Å². The third-order valence-electron chi connectivity index (χ3n) is 4.09. The van der Waals surface area contributed by atoms with Gasteiger partial charge >= 0.3 is 0 Å². The van der Waals surface area contributed by atoms with E-state index in [4.69, 9.17) is 11.6 Å². The predicted octanol–water partition coefficient (Wildman–Crippen LogP) is 3.99. The number of rotatable bonds is 4. The minimum Gasteiger partial charge on any atom is -0.507 e. The number of aromatic hydroxyl groups is 1. The Kier molecular flexibility index (Phi) is 5.30. The van der Waals surface area contributed by atoms with Gasteiger partial charge in [0.15, 0.2) is 0 Å². The zero-order valence-corrected chi connectivity index (χ0v) is 12.6. The Morgan fingerprint density at radius 3 is 3.00 bits per heavy atom. The molecule has 1 aliphatic rings. The summed E-state index contributed by atoms with van der Waals surface area (Å²) >= 11 is 5.84. The van der Waals surface area contributed by atoms with Crippen LogP contribution in [-0.4, -0.2) is 17.6 Å². The highest BCUT2D eigenvalue weighted by Crippen LogP contribution is 2.30. The van der Waals surface area contributed by atoms with E-state index < -0.39 is 0 Å². The minimum atomic E-state index is -0.256. The predicted molar refractivity (Wildman–Crippen MR) is 81.2 cm³/mol. The van der Waals surface area contributed by atoms with Crippen LogP contribution >= 0.6 is 11.6 Å². The molecule has 1 aliphatic carbocycles. The van der Waals surface area contributed by atoms with Gasteiger partial charge in [-0.1, -0.05) is 37.8 Å². The summed E-state index contributed by atoms with van der Waals surface area (Å²) in [7, 11) is 0. The molecule has 1 aromatic rings. The molecule has 20 heavy (non-hydrogen) atoms. The third-order valence-corrected chi connectivity index (χ3v) is 4.32. The van der Waals surface area contributed by atoms with Gasteiger partial charge in [0.05, 0.1) is 5.56 Å². The number of hydrogen-bond acceptors (Lipinski definition) is 2. The number of benzene rings is 1. The van der Waals surface area contributed by atoms with Crippen molar-refractivity contribution >= 4 is 17.5 Å². The van der Waals surface area contributed by atoms with Crippen molar-refractivity contribution in [2.75, 3.05) is 6.54 Å². The van der Waals surface area contributed by atoms with Gasteiger partial charge in [-0.25, -0.2) is 0 Å². The topological polar surface area (TPSA) is 49.3 Å². The van der Waals surface area contributed by atoms with Crippen LogP contribution in [0.3, 0.4) is 0 Å². The molecule has 0 saturated heterocycles. The molecule has 0 spiro atoms. The van der Waals surface area contributed by atoms with Gasteiger partial charge in [0.1, 0.15) is 5.75 Å². The first-order valence-corrected chi connectivity index (χ1v) is 7.70. The molecule has 0 aromatic heterocycles. The standard InChI is InChI=1S/C16H22ClNO2/c1-11-3-2-4-12(9-11)7-8-18-16(20)14-10-13(17)5-6-15(14)19/h5-6,10-12,19H,2-4,7-9H2,1H3,(H,18,20). The van der Waals surface area contributed by atoms with E-state index in [9.17, 15) is 9.90 Å². The molecule has 0 heterocycles. The number of amides is 1. The fourth-order valence-electron chi connectivity index (χ4n) is 3.00. The summed E-state index contributed by atoms with van der Waals surface area (Å²) in [5, 5.41) is 13.0. The Morgan fingerprint density at radius 2 is 2.25 bits per heavy atom.